The lowest BCUT2D eigenvalue weighted by molar-refractivity contribution is -0.143. The Labute approximate surface area is 232 Å². The van der Waals surface area contributed by atoms with Gasteiger partial charge in [0.2, 0.25) is 17.7 Å². The van der Waals surface area contributed by atoms with E-state index in [4.69, 9.17) is 17.2 Å². The van der Waals surface area contributed by atoms with Crippen LogP contribution in [-0.4, -0.2) is 82.2 Å². The molecular formula is C26H40N8O6. The Balaban J connectivity index is 2.23. The largest absolute Gasteiger partial charge is 0.480 e. The highest BCUT2D eigenvalue weighted by molar-refractivity contribution is 5.95. The number of hydrogen-bond donors (Lipinski definition) is 9. The van der Waals surface area contributed by atoms with E-state index in [0.29, 0.717) is 24.9 Å². The van der Waals surface area contributed by atoms with Crippen LogP contribution in [0.4, 0.5) is 0 Å². The number of hydrogen-bond acceptors (Lipinski definition) is 7. The number of carboxylic acid groups (broad SMARTS) is 1. The number of aliphatic carboxylic acids is 1. The molecule has 2 rings (SSSR count). The molecule has 3 amide bonds. The highest BCUT2D eigenvalue weighted by atomic mass is 16.4. The molecule has 0 fully saturated rings. The summed E-state index contributed by atoms with van der Waals surface area (Å²) in [4.78, 5) is 57.8. The molecule has 5 unspecified atom stereocenters. The van der Waals surface area contributed by atoms with Gasteiger partial charge in [-0.25, -0.2) is 4.79 Å². The highest BCUT2D eigenvalue weighted by Gasteiger charge is 2.32. The lowest BCUT2D eigenvalue weighted by Crippen LogP contribution is -2.59. The summed E-state index contributed by atoms with van der Waals surface area (Å²) in [6.07, 6.45) is 2.98. The normalized spacial score (nSPS) is 14.8. The summed E-state index contributed by atoms with van der Waals surface area (Å²) in [7, 11) is 0. The second-order valence-electron chi connectivity index (χ2n) is 9.63. The fourth-order valence-corrected chi connectivity index (χ4v) is 4.06. The number of carbonyl (C=O) groups excluding carboxylic acids is 3. The number of aliphatic hydroxyl groups is 1. The second kappa shape index (κ2) is 15.4. The standard InChI is InChI=1S/C26H40N8O6/c1-3-14(2)21(34-22(36)17(27)8-6-10-30-26(28)29)24(38)32-19(23(37)33-20(13-35)25(39)40)11-15-12-31-18-9-5-4-7-16(15)18/h4-5,7,9,12,14,17,19-21,31,35H,3,6,8,10-11,13,27H2,1-2H3,(H,32,38)(H,33,37)(H,34,36)(H,39,40)(H4,28,29,30). The number of benzene rings is 1. The van der Waals surface area contributed by atoms with Crippen molar-refractivity contribution < 1.29 is 29.4 Å². The van der Waals surface area contributed by atoms with Crippen LogP contribution in [0, 0.1) is 5.92 Å². The maximum absolute atomic E-state index is 13.5. The number of aromatic amines is 1. The summed E-state index contributed by atoms with van der Waals surface area (Å²) in [5.74, 6) is -3.79. The van der Waals surface area contributed by atoms with Gasteiger partial charge in [-0.05, 0) is 30.4 Å². The van der Waals surface area contributed by atoms with Crippen LogP contribution >= 0.6 is 0 Å². The van der Waals surface area contributed by atoms with E-state index >= 15 is 0 Å². The average molecular weight is 561 g/mol. The van der Waals surface area contributed by atoms with E-state index in [-0.39, 0.29) is 24.7 Å². The average Bonchev–Trinajstić information content (AvgIpc) is 3.33. The number of aliphatic hydroxyl groups excluding tert-OH is 1. The first-order chi connectivity index (χ1) is 19.0. The molecule has 0 saturated heterocycles. The molecule has 40 heavy (non-hydrogen) atoms. The Morgan fingerprint density at radius 3 is 2.33 bits per heavy atom. The van der Waals surface area contributed by atoms with E-state index in [1.54, 1.807) is 13.1 Å². The lowest BCUT2D eigenvalue weighted by Gasteiger charge is -2.28. The smallest absolute Gasteiger partial charge is 0.328 e. The number of H-pyrrole nitrogens is 1. The number of rotatable bonds is 16. The van der Waals surface area contributed by atoms with Gasteiger partial charge in [-0.2, -0.15) is 0 Å². The van der Waals surface area contributed by atoms with E-state index < -0.39 is 54.5 Å². The highest BCUT2D eigenvalue weighted by Crippen LogP contribution is 2.19. The summed E-state index contributed by atoms with van der Waals surface area (Å²) in [6.45, 7) is 3.09. The SMILES string of the molecule is CCC(C)C(NC(=O)C(N)CCCN=C(N)N)C(=O)NC(Cc1c[nH]c2ccccc12)C(=O)NC(CO)C(=O)O. The summed E-state index contributed by atoms with van der Waals surface area (Å²) in [5.41, 5.74) is 18.1. The van der Waals surface area contributed by atoms with Crippen molar-refractivity contribution >= 4 is 40.6 Å². The van der Waals surface area contributed by atoms with E-state index in [2.05, 4.69) is 25.9 Å². The molecule has 1 aromatic heterocycles. The topological polar surface area (TPSA) is 251 Å². The Kier molecular flexibility index (Phi) is 12.4. The summed E-state index contributed by atoms with van der Waals surface area (Å²) in [6, 6.07) is 2.67. The molecule has 220 valence electrons. The van der Waals surface area contributed by atoms with Crippen molar-refractivity contribution in [3.63, 3.8) is 0 Å². The molecule has 0 bridgehead atoms. The number of carboxylic acids is 1. The van der Waals surface area contributed by atoms with Crippen LogP contribution in [-0.2, 0) is 25.6 Å². The summed E-state index contributed by atoms with van der Waals surface area (Å²) < 4.78 is 0. The van der Waals surface area contributed by atoms with Crippen molar-refractivity contribution in [3.05, 3.63) is 36.0 Å². The monoisotopic (exact) mass is 560 g/mol. The predicted octanol–water partition coefficient (Wildman–Crippen LogP) is -1.33. The molecule has 0 radical (unpaired) electrons. The number of nitrogens with two attached hydrogens (primary N) is 3. The molecule has 5 atom stereocenters. The molecule has 1 aromatic carbocycles. The number of aliphatic imine (C=N–C) groups is 1. The molecule has 0 aliphatic carbocycles. The number of aromatic nitrogens is 1. The minimum absolute atomic E-state index is 0.0187. The fourth-order valence-electron chi connectivity index (χ4n) is 4.06. The van der Waals surface area contributed by atoms with Crippen LogP contribution in [0.2, 0.25) is 0 Å². The van der Waals surface area contributed by atoms with Gasteiger partial charge < -0.3 is 48.3 Å². The maximum Gasteiger partial charge on any atom is 0.328 e. The van der Waals surface area contributed by atoms with Gasteiger partial charge in [-0.1, -0.05) is 38.5 Å². The third-order valence-corrected chi connectivity index (χ3v) is 6.63. The fraction of sp³-hybridized carbons (Fsp3) is 0.500. The number of nitrogens with zero attached hydrogens (tertiary/aromatic N) is 1. The van der Waals surface area contributed by atoms with Gasteiger partial charge in [0.25, 0.3) is 0 Å². The van der Waals surface area contributed by atoms with Gasteiger partial charge in [0.15, 0.2) is 5.96 Å². The number of guanidine groups is 1. The van der Waals surface area contributed by atoms with Crippen molar-refractivity contribution in [2.45, 2.75) is 63.7 Å². The molecule has 0 aliphatic rings. The van der Waals surface area contributed by atoms with E-state index in [9.17, 15) is 29.4 Å². The predicted molar refractivity (Wildman–Crippen MR) is 150 cm³/mol. The minimum atomic E-state index is -1.56. The Bertz CT molecular complexity index is 1190. The maximum atomic E-state index is 13.5. The van der Waals surface area contributed by atoms with Gasteiger partial charge in [0.1, 0.15) is 18.1 Å². The van der Waals surface area contributed by atoms with Crippen molar-refractivity contribution in [3.8, 4) is 0 Å². The van der Waals surface area contributed by atoms with Crippen LogP contribution in [0.15, 0.2) is 35.5 Å². The zero-order valence-corrected chi connectivity index (χ0v) is 22.7. The van der Waals surface area contributed by atoms with Gasteiger partial charge in [0.05, 0.1) is 12.6 Å². The molecule has 1 heterocycles. The Morgan fingerprint density at radius 2 is 1.70 bits per heavy atom. The van der Waals surface area contributed by atoms with Crippen molar-refractivity contribution in [1.29, 1.82) is 0 Å². The molecule has 2 aromatic rings. The zero-order chi connectivity index (χ0) is 29.8. The minimum Gasteiger partial charge on any atom is -0.480 e. The van der Waals surface area contributed by atoms with Crippen LogP contribution < -0.4 is 33.2 Å². The third-order valence-electron chi connectivity index (χ3n) is 6.63. The first-order valence-electron chi connectivity index (χ1n) is 13.1. The number of amides is 3. The number of para-hydroxylation sites is 1. The second-order valence-corrected chi connectivity index (χ2v) is 9.63. The zero-order valence-electron chi connectivity index (χ0n) is 22.7. The van der Waals surface area contributed by atoms with Crippen LogP contribution in [0.25, 0.3) is 10.9 Å². The van der Waals surface area contributed by atoms with Gasteiger partial charge in [-0.3, -0.25) is 19.4 Å². The Hall–Kier alpha value is -4.17. The first-order valence-corrected chi connectivity index (χ1v) is 13.1. The van der Waals surface area contributed by atoms with Crippen LogP contribution in [0.3, 0.4) is 0 Å². The summed E-state index contributed by atoms with van der Waals surface area (Å²) in [5, 5.41) is 27.1. The number of nitrogens with one attached hydrogen (secondary N) is 4. The third kappa shape index (κ3) is 9.24. The van der Waals surface area contributed by atoms with E-state index in [1.807, 2.05) is 31.2 Å². The van der Waals surface area contributed by atoms with E-state index in [1.165, 1.54) is 0 Å². The molecule has 14 heteroatoms. The van der Waals surface area contributed by atoms with Crippen molar-refractivity contribution in [2.24, 2.45) is 28.1 Å². The van der Waals surface area contributed by atoms with Gasteiger partial charge >= 0.3 is 5.97 Å². The first kappa shape index (κ1) is 32.0. The Morgan fingerprint density at radius 1 is 1.02 bits per heavy atom. The molecule has 12 N–H and O–H groups in total. The van der Waals surface area contributed by atoms with E-state index in [0.717, 1.165) is 10.9 Å². The van der Waals surface area contributed by atoms with Crippen LogP contribution in [0.1, 0.15) is 38.7 Å². The molecular weight excluding hydrogens is 520 g/mol. The van der Waals surface area contributed by atoms with Crippen molar-refractivity contribution in [1.82, 2.24) is 20.9 Å². The van der Waals surface area contributed by atoms with Crippen LogP contribution in [0.5, 0.6) is 0 Å². The molecule has 0 spiro atoms. The molecule has 14 nitrogen and oxygen atoms in total. The number of fused-ring (bicyclic) bond motifs is 1. The van der Waals surface area contributed by atoms with Gasteiger partial charge in [-0.15, -0.1) is 0 Å². The summed E-state index contributed by atoms with van der Waals surface area (Å²) >= 11 is 0. The molecule has 0 aliphatic heterocycles. The van der Waals surface area contributed by atoms with Crippen molar-refractivity contribution in [2.75, 3.05) is 13.2 Å². The van der Waals surface area contributed by atoms with Gasteiger partial charge in [0, 0.05) is 30.1 Å². The molecule has 0 saturated carbocycles. The quantitative estimate of drug-likeness (QED) is 0.0669. The lowest BCUT2D eigenvalue weighted by atomic mass is 9.96. The number of carbonyl (C=O) groups is 4.